The Labute approximate surface area is 147 Å². The minimum atomic E-state index is 0.238. The van der Waals surface area contributed by atoms with Crippen LogP contribution in [0.5, 0.6) is 0 Å². The summed E-state index contributed by atoms with van der Waals surface area (Å²) in [5, 5.41) is 1.15. The molecule has 3 aromatic rings. The van der Waals surface area contributed by atoms with E-state index >= 15 is 0 Å². The van der Waals surface area contributed by atoms with Crippen LogP contribution in [0.25, 0.3) is 10.9 Å². The molecule has 3 heterocycles. The van der Waals surface area contributed by atoms with Crippen LogP contribution in [0.15, 0.2) is 42.9 Å². The summed E-state index contributed by atoms with van der Waals surface area (Å²) in [6.45, 7) is 4.77. The summed E-state index contributed by atoms with van der Waals surface area (Å²) in [5.74, 6) is 1.94. The molecule has 1 N–H and O–H groups in total. The molecule has 2 aromatic heterocycles. The highest BCUT2D eigenvalue weighted by Gasteiger charge is 2.23. The van der Waals surface area contributed by atoms with E-state index in [0.717, 1.165) is 54.8 Å². The summed E-state index contributed by atoms with van der Waals surface area (Å²) in [4.78, 5) is 22.3. The first-order valence-corrected chi connectivity index (χ1v) is 9.01. The summed E-state index contributed by atoms with van der Waals surface area (Å²) in [5.41, 5.74) is 2.19. The van der Waals surface area contributed by atoms with Gasteiger partial charge in [0.15, 0.2) is 0 Å². The molecule has 1 aromatic carbocycles. The molecule has 1 amide bonds. The van der Waals surface area contributed by atoms with E-state index in [2.05, 4.69) is 20.6 Å². The smallest absolute Gasteiger partial charge is 0.227 e. The van der Waals surface area contributed by atoms with Crippen molar-refractivity contribution in [3.8, 4) is 0 Å². The van der Waals surface area contributed by atoms with Crippen LogP contribution in [0.3, 0.4) is 0 Å². The van der Waals surface area contributed by atoms with Gasteiger partial charge in [-0.25, -0.2) is 4.98 Å². The van der Waals surface area contributed by atoms with Gasteiger partial charge in [0, 0.05) is 49.1 Å². The maximum absolute atomic E-state index is 12.7. The Kier molecular flexibility index (Phi) is 4.30. The monoisotopic (exact) mass is 336 g/mol. The molecular formula is C20H24N4O. The zero-order chi connectivity index (χ0) is 17.2. The largest absolute Gasteiger partial charge is 0.361 e. The molecular weight excluding hydrogens is 312 g/mol. The summed E-state index contributed by atoms with van der Waals surface area (Å²) < 4.78 is 2.22. The molecule has 1 fully saturated rings. The highest BCUT2D eigenvalue weighted by Crippen LogP contribution is 2.22. The van der Waals surface area contributed by atoms with Crippen molar-refractivity contribution in [3.05, 3.63) is 54.2 Å². The number of para-hydroxylation sites is 1. The number of rotatable bonds is 4. The fraction of sp³-hybridized carbons (Fsp3) is 0.400. The first-order chi connectivity index (χ1) is 12.2. The van der Waals surface area contributed by atoms with Crippen molar-refractivity contribution in [2.24, 2.45) is 5.92 Å². The molecule has 0 atom stereocenters. The lowest BCUT2D eigenvalue weighted by atomic mass is 9.96. The number of H-pyrrole nitrogens is 1. The van der Waals surface area contributed by atoms with E-state index < -0.39 is 0 Å². The van der Waals surface area contributed by atoms with Gasteiger partial charge in [-0.05, 0) is 37.3 Å². The van der Waals surface area contributed by atoms with Gasteiger partial charge in [0.25, 0.3) is 0 Å². The van der Waals surface area contributed by atoms with Gasteiger partial charge in [-0.3, -0.25) is 4.79 Å². The summed E-state index contributed by atoms with van der Waals surface area (Å²) in [7, 11) is 0. The van der Waals surface area contributed by atoms with Gasteiger partial charge in [-0.1, -0.05) is 18.2 Å². The molecule has 25 heavy (non-hydrogen) atoms. The van der Waals surface area contributed by atoms with Crippen LogP contribution < -0.4 is 0 Å². The second kappa shape index (κ2) is 6.75. The number of aromatic amines is 1. The molecule has 1 aliphatic heterocycles. The van der Waals surface area contributed by atoms with Crippen LogP contribution in [0, 0.1) is 12.8 Å². The van der Waals surface area contributed by atoms with Gasteiger partial charge in [0.2, 0.25) is 5.91 Å². The number of likely N-dealkylation sites (tertiary alicyclic amines) is 1. The molecule has 0 aliphatic carbocycles. The molecule has 0 saturated carbocycles. The van der Waals surface area contributed by atoms with E-state index in [9.17, 15) is 4.79 Å². The second-order valence-electron chi connectivity index (χ2n) is 6.99. The third-order valence-electron chi connectivity index (χ3n) is 5.36. The number of piperidine rings is 1. The molecule has 0 radical (unpaired) electrons. The van der Waals surface area contributed by atoms with Gasteiger partial charge in [0.1, 0.15) is 5.82 Å². The van der Waals surface area contributed by atoms with Gasteiger partial charge in [-0.15, -0.1) is 0 Å². The number of aryl methyl sites for hydroxylation is 1. The van der Waals surface area contributed by atoms with E-state index in [4.69, 9.17) is 0 Å². The molecule has 1 aliphatic rings. The predicted octanol–water partition coefficient (Wildman–Crippen LogP) is 3.15. The minimum absolute atomic E-state index is 0.238. The molecule has 1 saturated heterocycles. The summed E-state index contributed by atoms with van der Waals surface area (Å²) in [6.07, 6.45) is 8.49. The van der Waals surface area contributed by atoms with Gasteiger partial charge in [-0.2, -0.15) is 0 Å². The van der Waals surface area contributed by atoms with Crippen LogP contribution in [0.4, 0.5) is 0 Å². The lowest BCUT2D eigenvalue weighted by Crippen LogP contribution is -2.40. The number of hydrogen-bond donors (Lipinski definition) is 1. The van der Waals surface area contributed by atoms with Crippen LogP contribution in [0.1, 0.15) is 24.2 Å². The first-order valence-electron chi connectivity index (χ1n) is 9.01. The quantitative estimate of drug-likeness (QED) is 0.796. The lowest BCUT2D eigenvalue weighted by Gasteiger charge is -2.32. The summed E-state index contributed by atoms with van der Waals surface area (Å²) in [6, 6.07) is 8.16. The Bertz CT molecular complexity index is 871. The normalized spacial score (nSPS) is 15.8. The predicted molar refractivity (Wildman–Crippen MR) is 98.3 cm³/mol. The number of nitrogens with zero attached hydrogens (tertiary/aromatic N) is 3. The van der Waals surface area contributed by atoms with Crippen molar-refractivity contribution in [2.45, 2.75) is 32.7 Å². The standard InChI is InChI=1S/C20H24N4O/c1-15-21-8-11-24(15)14-16-6-9-23(10-7-16)20(25)12-17-13-22-19-5-3-2-4-18(17)19/h2-5,8,11,13,16,22H,6-7,9-10,12,14H2,1H3. The molecule has 0 bridgehead atoms. The fourth-order valence-electron chi connectivity index (χ4n) is 3.79. The van der Waals surface area contributed by atoms with Gasteiger partial charge < -0.3 is 14.5 Å². The zero-order valence-electron chi connectivity index (χ0n) is 14.6. The molecule has 5 nitrogen and oxygen atoms in total. The number of amides is 1. The van der Waals surface area contributed by atoms with Crippen molar-refractivity contribution in [3.63, 3.8) is 0 Å². The van der Waals surface area contributed by atoms with Crippen molar-refractivity contribution in [1.82, 2.24) is 19.4 Å². The second-order valence-corrected chi connectivity index (χ2v) is 6.99. The van der Waals surface area contributed by atoms with Crippen molar-refractivity contribution >= 4 is 16.8 Å². The third-order valence-corrected chi connectivity index (χ3v) is 5.36. The maximum Gasteiger partial charge on any atom is 0.227 e. The average molecular weight is 336 g/mol. The highest BCUT2D eigenvalue weighted by atomic mass is 16.2. The van der Waals surface area contributed by atoms with Crippen LogP contribution in [-0.4, -0.2) is 38.4 Å². The molecule has 0 spiro atoms. The lowest BCUT2D eigenvalue weighted by molar-refractivity contribution is -0.131. The Morgan fingerprint density at radius 1 is 1.28 bits per heavy atom. The van der Waals surface area contributed by atoms with Crippen molar-refractivity contribution in [2.75, 3.05) is 13.1 Å². The average Bonchev–Trinajstić information content (AvgIpc) is 3.22. The number of fused-ring (bicyclic) bond motifs is 1. The van der Waals surface area contributed by atoms with E-state index in [1.54, 1.807) is 0 Å². The molecule has 130 valence electrons. The van der Waals surface area contributed by atoms with Crippen molar-refractivity contribution in [1.29, 1.82) is 0 Å². The SMILES string of the molecule is Cc1nccn1CC1CCN(C(=O)Cc2c[nH]c3ccccc23)CC1. The maximum atomic E-state index is 12.7. The zero-order valence-corrected chi connectivity index (χ0v) is 14.6. The van der Waals surface area contributed by atoms with E-state index in [1.165, 1.54) is 0 Å². The van der Waals surface area contributed by atoms with E-state index in [1.807, 2.05) is 48.6 Å². The number of nitrogens with one attached hydrogen (secondary N) is 1. The number of imidazole rings is 1. The third kappa shape index (κ3) is 3.31. The van der Waals surface area contributed by atoms with Crippen molar-refractivity contribution < 1.29 is 4.79 Å². The van der Waals surface area contributed by atoms with Crippen LogP contribution in [-0.2, 0) is 17.8 Å². The van der Waals surface area contributed by atoms with E-state index in [-0.39, 0.29) is 5.91 Å². The Hall–Kier alpha value is -2.56. The Morgan fingerprint density at radius 2 is 2.08 bits per heavy atom. The number of benzene rings is 1. The van der Waals surface area contributed by atoms with Crippen LogP contribution in [0.2, 0.25) is 0 Å². The fourth-order valence-corrected chi connectivity index (χ4v) is 3.79. The highest BCUT2D eigenvalue weighted by molar-refractivity contribution is 5.88. The van der Waals surface area contributed by atoms with Gasteiger partial charge in [0.05, 0.1) is 6.42 Å². The molecule has 5 heteroatoms. The Morgan fingerprint density at radius 3 is 2.84 bits per heavy atom. The van der Waals surface area contributed by atoms with Crippen LogP contribution >= 0.6 is 0 Å². The first kappa shape index (κ1) is 15.9. The number of aromatic nitrogens is 3. The number of hydrogen-bond acceptors (Lipinski definition) is 2. The van der Waals surface area contributed by atoms with Gasteiger partial charge >= 0.3 is 0 Å². The minimum Gasteiger partial charge on any atom is -0.361 e. The molecule has 4 rings (SSSR count). The number of carbonyl (C=O) groups is 1. The summed E-state index contributed by atoms with van der Waals surface area (Å²) >= 11 is 0. The molecule has 0 unspecified atom stereocenters. The topological polar surface area (TPSA) is 53.9 Å². The van der Waals surface area contributed by atoms with E-state index in [0.29, 0.717) is 12.3 Å². The Balaban J connectivity index is 1.34. The number of carbonyl (C=O) groups excluding carboxylic acids is 1.